The third-order valence-corrected chi connectivity index (χ3v) is 4.31. The van der Waals surface area contributed by atoms with Gasteiger partial charge in [-0.3, -0.25) is 4.79 Å². The number of nitrogens with one attached hydrogen (secondary N) is 1. The third-order valence-electron chi connectivity index (χ3n) is 3.98. The molecule has 0 aromatic heterocycles. The summed E-state index contributed by atoms with van der Waals surface area (Å²) in [6, 6.07) is 7.68. The van der Waals surface area contributed by atoms with Gasteiger partial charge in [0.15, 0.2) is 0 Å². The molecule has 1 N–H and O–H groups in total. The van der Waals surface area contributed by atoms with Gasteiger partial charge in [0.05, 0.1) is 11.5 Å². The molecule has 1 atom stereocenters. The molecule has 4 heteroatoms. The standard InChI is InChI=1S/C16H23ClN2O/c1-16(2,13-8-4-5-9-14(13)17)18-15(20)12-7-6-10-19(3)11-12/h4-5,8-9,12H,6-7,10-11H2,1-3H3,(H,18,20). The first-order valence-electron chi connectivity index (χ1n) is 7.16. The maximum Gasteiger partial charge on any atom is 0.225 e. The van der Waals surface area contributed by atoms with E-state index in [2.05, 4.69) is 17.3 Å². The Hall–Kier alpha value is -1.06. The van der Waals surface area contributed by atoms with Gasteiger partial charge < -0.3 is 10.2 Å². The molecular formula is C16H23ClN2O. The van der Waals surface area contributed by atoms with Crippen molar-refractivity contribution in [2.75, 3.05) is 20.1 Å². The number of nitrogens with zero attached hydrogens (tertiary/aromatic N) is 1. The summed E-state index contributed by atoms with van der Waals surface area (Å²) >= 11 is 6.24. The van der Waals surface area contributed by atoms with Crippen LogP contribution >= 0.6 is 11.6 Å². The van der Waals surface area contributed by atoms with Crippen LogP contribution in [0.15, 0.2) is 24.3 Å². The largest absolute Gasteiger partial charge is 0.347 e. The van der Waals surface area contributed by atoms with E-state index < -0.39 is 5.54 Å². The highest BCUT2D eigenvalue weighted by Gasteiger charge is 2.30. The zero-order valence-corrected chi connectivity index (χ0v) is 13.2. The molecule has 0 saturated carbocycles. The summed E-state index contributed by atoms with van der Waals surface area (Å²) in [5.41, 5.74) is 0.505. The van der Waals surface area contributed by atoms with Crippen molar-refractivity contribution in [3.8, 4) is 0 Å². The van der Waals surface area contributed by atoms with Gasteiger partial charge in [0.1, 0.15) is 0 Å². The lowest BCUT2D eigenvalue weighted by molar-refractivity contribution is -0.128. The number of halogens is 1. The molecule has 0 bridgehead atoms. The Bertz CT molecular complexity index is 487. The summed E-state index contributed by atoms with van der Waals surface area (Å²) in [5.74, 6) is 0.206. The minimum Gasteiger partial charge on any atom is -0.347 e. The first-order chi connectivity index (χ1) is 9.40. The molecule has 1 aromatic rings. The number of hydrogen-bond acceptors (Lipinski definition) is 2. The van der Waals surface area contributed by atoms with E-state index in [4.69, 9.17) is 11.6 Å². The smallest absolute Gasteiger partial charge is 0.225 e. The second-order valence-electron chi connectivity index (χ2n) is 6.20. The topological polar surface area (TPSA) is 32.3 Å². The Balaban J connectivity index is 2.08. The van der Waals surface area contributed by atoms with E-state index in [1.807, 2.05) is 38.1 Å². The van der Waals surface area contributed by atoms with Crippen LogP contribution in [-0.2, 0) is 10.3 Å². The molecule has 1 unspecified atom stereocenters. The number of rotatable bonds is 3. The Morgan fingerprint density at radius 1 is 1.40 bits per heavy atom. The summed E-state index contributed by atoms with van der Waals surface area (Å²) in [4.78, 5) is 14.7. The Morgan fingerprint density at radius 2 is 2.10 bits per heavy atom. The van der Waals surface area contributed by atoms with Gasteiger partial charge in [-0.05, 0) is 51.9 Å². The molecule has 0 spiro atoms. The molecule has 1 heterocycles. The summed E-state index contributed by atoms with van der Waals surface area (Å²) < 4.78 is 0. The lowest BCUT2D eigenvalue weighted by Gasteiger charge is -2.33. The fourth-order valence-corrected chi connectivity index (χ4v) is 3.20. The first-order valence-corrected chi connectivity index (χ1v) is 7.53. The highest BCUT2D eigenvalue weighted by atomic mass is 35.5. The van der Waals surface area contributed by atoms with Gasteiger partial charge in [-0.25, -0.2) is 0 Å². The number of likely N-dealkylation sites (tertiary alicyclic amines) is 1. The van der Waals surface area contributed by atoms with Crippen molar-refractivity contribution >= 4 is 17.5 Å². The van der Waals surface area contributed by atoms with Crippen LogP contribution in [0, 0.1) is 5.92 Å². The van der Waals surface area contributed by atoms with Gasteiger partial charge in [-0.2, -0.15) is 0 Å². The van der Waals surface area contributed by atoms with Crippen LogP contribution in [0.4, 0.5) is 0 Å². The molecule has 1 aliphatic heterocycles. The van der Waals surface area contributed by atoms with Crippen LogP contribution in [0.2, 0.25) is 5.02 Å². The van der Waals surface area contributed by atoms with Crippen LogP contribution in [-0.4, -0.2) is 30.9 Å². The second-order valence-corrected chi connectivity index (χ2v) is 6.60. The molecule has 20 heavy (non-hydrogen) atoms. The Morgan fingerprint density at radius 3 is 2.75 bits per heavy atom. The van der Waals surface area contributed by atoms with E-state index >= 15 is 0 Å². The van der Waals surface area contributed by atoms with Crippen molar-refractivity contribution in [1.29, 1.82) is 0 Å². The van der Waals surface area contributed by atoms with Crippen LogP contribution in [0.1, 0.15) is 32.3 Å². The summed E-state index contributed by atoms with van der Waals surface area (Å²) in [6.07, 6.45) is 2.05. The van der Waals surface area contributed by atoms with E-state index in [-0.39, 0.29) is 11.8 Å². The SMILES string of the molecule is CN1CCCC(C(=O)NC(C)(C)c2ccccc2Cl)C1. The molecule has 0 aliphatic carbocycles. The van der Waals surface area contributed by atoms with Gasteiger partial charge in [0, 0.05) is 11.6 Å². The molecule has 1 aliphatic rings. The van der Waals surface area contributed by atoms with Crippen molar-refractivity contribution in [3.05, 3.63) is 34.9 Å². The maximum absolute atomic E-state index is 12.5. The number of hydrogen-bond donors (Lipinski definition) is 1. The van der Waals surface area contributed by atoms with Crippen LogP contribution in [0.3, 0.4) is 0 Å². The number of carbonyl (C=O) groups excluding carboxylic acids is 1. The van der Waals surface area contributed by atoms with E-state index in [9.17, 15) is 4.79 Å². The molecule has 1 aromatic carbocycles. The van der Waals surface area contributed by atoms with Crippen molar-refractivity contribution in [3.63, 3.8) is 0 Å². The molecule has 0 radical (unpaired) electrons. The van der Waals surface area contributed by atoms with Gasteiger partial charge >= 0.3 is 0 Å². The summed E-state index contributed by atoms with van der Waals surface area (Å²) in [7, 11) is 2.07. The molecule has 3 nitrogen and oxygen atoms in total. The maximum atomic E-state index is 12.5. The molecule has 1 amide bonds. The highest BCUT2D eigenvalue weighted by Crippen LogP contribution is 2.28. The average Bonchev–Trinajstić information content (AvgIpc) is 2.38. The predicted octanol–water partition coefficient (Wildman–Crippen LogP) is 3.03. The summed E-state index contributed by atoms with van der Waals surface area (Å²) in [5, 5.41) is 3.85. The summed E-state index contributed by atoms with van der Waals surface area (Å²) in [6.45, 7) is 5.92. The lowest BCUT2D eigenvalue weighted by atomic mass is 9.91. The number of piperidine rings is 1. The van der Waals surface area contributed by atoms with E-state index in [1.165, 1.54) is 0 Å². The average molecular weight is 295 g/mol. The number of benzene rings is 1. The Kier molecular flexibility index (Phi) is 4.71. The highest BCUT2D eigenvalue weighted by molar-refractivity contribution is 6.31. The van der Waals surface area contributed by atoms with E-state index in [0.717, 1.165) is 31.5 Å². The molecule has 1 saturated heterocycles. The minimum absolute atomic E-state index is 0.0792. The van der Waals surface area contributed by atoms with Crippen molar-refractivity contribution in [1.82, 2.24) is 10.2 Å². The zero-order valence-electron chi connectivity index (χ0n) is 12.4. The molecular weight excluding hydrogens is 272 g/mol. The number of amides is 1. The van der Waals surface area contributed by atoms with Crippen LogP contribution < -0.4 is 5.32 Å². The minimum atomic E-state index is -0.453. The van der Waals surface area contributed by atoms with Gasteiger partial charge in [0.25, 0.3) is 0 Å². The third kappa shape index (κ3) is 3.53. The van der Waals surface area contributed by atoms with Crippen LogP contribution in [0.25, 0.3) is 0 Å². The fourth-order valence-electron chi connectivity index (χ4n) is 2.83. The van der Waals surface area contributed by atoms with Gasteiger partial charge in [-0.1, -0.05) is 29.8 Å². The molecule has 110 valence electrons. The lowest BCUT2D eigenvalue weighted by Crippen LogP contribution is -2.48. The van der Waals surface area contributed by atoms with Crippen molar-refractivity contribution < 1.29 is 4.79 Å². The Labute approximate surface area is 126 Å². The quantitative estimate of drug-likeness (QED) is 0.929. The van der Waals surface area contributed by atoms with Crippen molar-refractivity contribution in [2.45, 2.75) is 32.2 Å². The van der Waals surface area contributed by atoms with Gasteiger partial charge in [0.2, 0.25) is 5.91 Å². The second kappa shape index (κ2) is 6.15. The van der Waals surface area contributed by atoms with Gasteiger partial charge in [-0.15, -0.1) is 0 Å². The molecule has 2 rings (SSSR count). The van der Waals surface area contributed by atoms with E-state index in [0.29, 0.717) is 5.02 Å². The number of carbonyl (C=O) groups is 1. The van der Waals surface area contributed by atoms with Crippen molar-refractivity contribution in [2.24, 2.45) is 5.92 Å². The fraction of sp³-hybridized carbons (Fsp3) is 0.562. The zero-order chi connectivity index (χ0) is 14.8. The normalized spacial score (nSPS) is 20.7. The first kappa shape index (κ1) is 15.3. The van der Waals surface area contributed by atoms with Crippen LogP contribution in [0.5, 0.6) is 0 Å². The monoisotopic (exact) mass is 294 g/mol. The molecule has 1 fully saturated rings. The predicted molar refractivity (Wildman–Crippen MR) is 82.8 cm³/mol. The van der Waals surface area contributed by atoms with E-state index in [1.54, 1.807) is 0 Å².